The lowest BCUT2D eigenvalue weighted by Gasteiger charge is -2.17. The van der Waals surface area contributed by atoms with Crippen LogP contribution in [0.4, 0.5) is 4.39 Å². The summed E-state index contributed by atoms with van der Waals surface area (Å²) in [5, 5.41) is 6.63. The molecule has 1 aromatic rings. The Kier molecular flexibility index (Phi) is 12.1. The minimum absolute atomic E-state index is 0.190. The van der Waals surface area contributed by atoms with Gasteiger partial charge in [0.25, 0.3) is 0 Å². The molecular weight excluding hydrogens is 351 g/mol. The monoisotopic (exact) mass is 384 g/mol. The highest BCUT2D eigenvalue weighted by Crippen LogP contribution is 2.17. The van der Waals surface area contributed by atoms with Crippen LogP contribution in [0.3, 0.4) is 0 Å². The molecule has 7 heteroatoms. The molecule has 1 aromatic carbocycles. The molecule has 0 atom stereocenters. The van der Waals surface area contributed by atoms with Gasteiger partial charge in [-0.15, -0.1) is 0 Å². The number of likely N-dealkylation sites (N-methyl/N-ethyl adjacent to an activating group) is 1. The Balaban J connectivity index is 2.53. The number of thioether (sulfide) groups is 1. The molecule has 0 aromatic heterocycles. The van der Waals surface area contributed by atoms with Crippen molar-refractivity contribution >= 4 is 17.7 Å². The number of hydrogen-bond donors (Lipinski definition) is 2. The standard InChI is InChI=1S/C19H33FN4OS/c1-5-21-19(22-9-6-10-24(2)11-12-25-3)23-14-16-7-8-18(20)13-17(16)15-26-4/h7-8,13H,5-6,9-12,14-15H2,1-4H3,(H2,21,22,23). The van der Waals surface area contributed by atoms with Gasteiger partial charge in [-0.3, -0.25) is 0 Å². The van der Waals surface area contributed by atoms with Crippen LogP contribution in [0.1, 0.15) is 24.5 Å². The topological polar surface area (TPSA) is 48.9 Å². The predicted molar refractivity (Wildman–Crippen MR) is 110 cm³/mol. The first-order valence-corrected chi connectivity index (χ1v) is 10.5. The molecule has 0 amide bonds. The maximum absolute atomic E-state index is 13.5. The summed E-state index contributed by atoms with van der Waals surface area (Å²) >= 11 is 1.69. The van der Waals surface area contributed by atoms with Crippen molar-refractivity contribution in [1.82, 2.24) is 15.5 Å². The summed E-state index contributed by atoms with van der Waals surface area (Å²) in [6.45, 7) is 6.94. The van der Waals surface area contributed by atoms with E-state index in [0.29, 0.717) is 6.54 Å². The van der Waals surface area contributed by atoms with Gasteiger partial charge >= 0.3 is 0 Å². The van der Waals surface area contributed by atoms with Crippen LogP contribution in [0.5, 0.6) is 0 Å². The third-order valence-corrected chi connectivity index (χ3v) is 4.51. The van der Waals surface area contributed by atoms with Crippen LogP contribution in [0.15, 0.2) is 23.2 Å². The Bertz CT molecular complexity index is 542. The number of halogens is 1. The molecule has 0 saturated heterocycles. The van der Waals surface area contributed by atoms with E-state index in [1.54, 1.807) is 24.9 Å². The van der Waals surface area contributed by atoms with Gasteiger partial charge in [0, 0.05) is 32.5 Å². The Hall–Kier alpha value is -1.31. The van der Waals surface area contributed by atoms with Crippen molar-refractivity contribution < 1.29 is 9.13 Å². The summed E-state index contributed by atoms with van der Waals surface area (Å²) in [6.07, 6.45) is 3.05. The molecule has 0 saturated carbocycles. The molecule has 0 aliphatic heterocycles. The predicted octanol–water partition coefficient (Wildman–Crippen LogP) is 2.71. The van der Waals surface area contributed by atoms with Crippen LogP contribution < -0.4 is 10.6 Å². The van der Waals surface area contributed by atoms with Crippen LogP contribution in [0.2, 0.25) is 0 Å². The van der Waals surface area contributed by atoms with Gasteiger partial charge in [0.1, 0.15) is 5.82 Å². The quantitative estimate of drug-likeness (QED) is 0.330. The highest BCUT2D eigenvalue weighted by molar-refractivity contribution is 7.97. The summed E-state index contributed by atoms with van der Waals surface area (Å²) in [6, 6.07) is 4.95. The van der Waals surface area contributed by atoms with Gasteiger partial charge in [-0.1, -0.05) is 6.07 Å². The third kappa shape index (κ3) is 9.40. The maximum Gasteiger partial charge on any atom is 0.191 e. The zero-order valence-corrected chi connectivity index (χ0v) is 17.3. The van der Waals surface area contributed by atoms with Crippen molar-refractivity contribution in [3.63, 3.8) is 0 Å². The summed E-state index contributed by atoms with van der Waals surface area (Å²) in [7, 11) is 3.82. The molecule has 0 unspecified atom stereocenters. The van der Waals surface area contributed by atoms with E-state index in [1.807, 2.05) is 19.2 Å². The zero-order chi connectivity index (χ0) is 19.2. The highest BCUT2D eigenvalue weighted by atomic mass is 32.2. The van der Waals surface area contributed by atoms with E-state index in [4.69, 9.17) is 4.74 Å². The fourth-order valence-corrected chi connectivity index (χ4v) is 3.04. The van der Waals surface area contributed by atoms with E-state index in [1.165, 1.54) is 6.07 Å². The van der Waals surface area contributed by atoms with E-state index in [2.05, 4.69) is 27.6 Å². The minimum atomic E-state index is -0.190. The maximum atomic E-state index is 13.5. The van der Waals surface area contributed by atoms with E-state index in [0.717, 1.165) is 62.0 Å². The van der Waals surface area contributed by atoms with Crippen LogP contribution in [0.25, 0.3) is 0 Å². The lowest BCUT2D eigenvalue weighted by atomic mass is 10.1. The number of methoxy groups -OCH3 is 1. The third-order valence-electron chi connectivity index (χ3n) is 3.91. The van der Waals surface area contributed by atoms with Crippen molar-refractivity contribution in [2.24, 2.45) is 4.99 Å². The first kappa shape index (κ1) is 22.7. The van der Waals surface area contributed by atoms with Gasteiger partial charge in [-0.25, -0.2) is 9.38 Å². The lowest BCUT2D eigenvalue weighted by molar-refractivity contribution is 0.161. The molecule has 0 radical (unpaired) electrons. The summed E-state index contributed by atoms with van der Waals surface area (Å²) in [5.74, 6) is 1.40. The average Bonchev–Trinajstić information content (AvgIpc) is 2.62. The highest BCUT2D eigenvalue weighted by Gasteiger charge is 2.05. The van der Waals surface area contributed by atoms with Gasteiger partial charge in [-0.2, -0.15) is 11.8 Å². The van der Waals surface area contributed by atoms with E-state index >= 15 is 0 Å². The molecule has 0 fully saturated rings. The Labute approximate surface area is 161 Å². The average molecular weight is 385 g/mol. The minimum Gasteiger partial charge on any atom is -0.383 e. The number of ether oxygens (including phenoxy) is 1. The number of hydrogen-bond acceptors (Lipinski definition) is 4. The molecule has 0 aliphatic carbocycles. The zero-order valence-electron chi connectivity index (χ0n) is 16.5. The van der Waals surface area contributed by atoms with Gasteiger partial charge < -0.3 is 20.3 Å². The van der Waals surface area contributed by atoms with E-state index in [-0.39, 0.29) is 5.82 Å². The SMILES string of the molecule is CCNC(=NCc1ccc(F)cc1CSC)NCCCN(C)CCOC. The van der Waals surface area contributed by atoms with Crippen LogP contribution >= 0.6 is 11.8 Å². The molecule has 5 nitrogen and oxygen atoms in total. The summed E-state index contributed by atoms with van der Waals surface area (Å²) in [4.78, 5) is 6.90. The van der Waals surface area contributed by atoms with Gasteiger partial charge in [0.05, 0.1) is 13.2 Å². The van der Waals surface area contributed by atoms with Crippen LogP contribution in [0, 0.1) is 5.82 Å². The molecule has 1 rings (SSSR count). The van der Waals surface area contributed by atoms with Gasteiger partial charge in [-0.05, 0) is 56.5 Å². The fourth-order valence-electron chi connectivity index (χ4n) is 2.46. The molecule has 0 bridgehead atoms. The molecule has 0 heterocycles. The fraction of sp³-hybridized carbons (Fsp3) is 0.632. The number of rotatable bonds is 12. The van der Waals surface area contributed by atoms with Crippen LogP contribution in [-0.4, -0.2) is 64.1 Å². The van der Waals surface area contributed by atoms with Crippen molar-refractivity contribution in [2.75, 3.05) is 53.2 Å². The van der Waals surface area contributed by atoms with Crippen molar-refractivity contribution in [2.45, 2.75) is 25.6 Å². The molecule has 26 heavy (non-hydrogen) atoms. The second kappa shape index (κ2) is 13.8. The van der Waals surface area contributed by atoms with E-state index in [9.17, 15) is 4.39 Å². The van der Waals surface area contributed by atoms with Gasteiger partial charge in [0.15, 0.2) is 5.96 Å². The number of guanidine groups is 1. The molecule has 0 spiro atoms. The Morgan fingerprint density at radius 1 is 1.27 bits per heavy atom. The van der Waals surface area contributed by atoms with Crippen molar-refractivity contribution in [3.05, 3.63) is 35.1 Å². The number of nitrogens with zero attached hydrogens (tertiary/aromatic N) is 2. The molecule has 2 N–H and O–H groups in total. The number of nitrogens with one attached hydrogen (secondary N) is 2. The summed E-state index contributed by atoms with van der Waals surface area (Å²) < 4.78 is 18.5. The van der Waals surface area contributed by atoms with Crippen molar-refractivity contribution in [1.29, 1.82) is 0 Å². The van der Waals surface area contributed by atoms with Crippen molar-refractivity contribution in [3.8, 4) is 0 Å². The first-order valence-electron chi connectivity index (χ1n) is 9.06. The van der Waals surface area contributed by atoms with E-state index < -0.39 is 0 Å². The molecule has 148 valence electrons. The largest absolute Gasteiger partial charge is 0.383 e. The number of benzene rings is 1. The second-order valence-electron chi connectivity index (χ2n) is 6.12. The Morgan fingerprint density at radius 3 is 2.77 bits per heavy atom. The number of aliphatic imine (C=N–C) groups is 1. The Morgan fingerprint density at radius 2 is 2.08 bits per heavy atom. The van der Waals surface area contributed by atoms with Gasteiger partial charge in [0.2, 0.25) is 0 Å². The normalized spacial score (nSPS) is 11.8. The molecular formula is C19H33FN4OS. The summed E-state index contributed by atoms with van der Waals surface area (Å²) in [5.41, 5.74) is 2.08. The molecule has 0 aliphatic rings. The lowest BCUT2D eigenvalue weighted by Crippen LogP contribution is -2.38. The van der Waals surface area contributed by atoms with Crippen LogP contribution in [-0.2, 0) is 17.0 Å². The second-order valence-corrected chi connectivity index (χ2v) is 6.98. The smallest absolute Gasteiger partial charge is 0.191 e. The first-order chi connectivity index (χ1) is 12.6.